The fourth-order valence-electron chi connectivity index (χ4n) is 3.66. The number of amides is 1. The quantitative estimate of drug-likeness (QED) is 0.476. The minimum Gasteiger partial charge on any atom is -0.366 e. The number of nitrogens with zero attached hydrogens (tertiary/aromatic N) is 4. The van der Waals surface area contributed by atoms with E-state index in [1.165, 1.54) is 30.6 Å². The lowest BCUT2D eigenvalue weighted by Gasteiger charge is -2.20. The standard InChI is InChI=1S/C22H21F3N6O3S/c1-2-14(17-7-8-28-21(30-17)31-35(33,34)13-4-5-13)16-9-12(20(26)32)3-6-15(16)18-10-27-11-19(29-18)22(23,24)25/h3,6-11,13-14H,2,4-5H2,1H3,(H2,26,32)(H,28,30,31). The van der Waals surface area contributed by atoms with E-state index in [4.69, 9.17) is 5.73 Å². The third kappa shape index (κ3) is 5.39. The first-order valence-electron chi connectivity index (χ1n) is 10.7. The van der Waals surface area contributed by atoms with Crippen molar-refractivity contribution in [2.75, 3.05) is 4.72 Å². The van der Waals surface area contributed by atoms with Gasteiger partial charge in [-0.3, -0.25) is 14.5 Å². The summed E-state index contributed by atoms with van der Waals surface area (Å²) < 4.78 is 66.7. The summed E-state index contributed by atoms with van der Waals surface area (Å²) in [6.45, 7) is 1.82. The highest BCUT2D eigenvalue weighted by Gasteiger charge is 2.36. The van der Waals surface area contributed by atoms with Crippen LogP contribution in [0, 0.1) is 0 Å². The number of nitrogens with two attached hydrogens (primary N) is 1. The van der Waals surface area contributed by atoms with Crippen molar-refractivity contribution in [3.05, 3.63) is 65.4 Å². The third-order valence-corrected chi connectivity index (χ3v) is 7.37. The van der Waals surface area contributed by atoms with E-state index >= 15 is 0 Å². The van der Waals surface area contributed by atoms with Crippen LogP contribution in [-0.2, 0) is 16.2 Å². The zero-order chi connectivity index (χ0) is 25.4. The van der Waals surface area contributed by atoms with Gasteiger partial charge in [0.2, 0.25) is 21.9 Å². The predicted molar refractivity (Wildman–Crippen MR) is 121 cm³/mol. The van der Waals surface area contributed by atoms with Crippen LogP contribution in [0.1, 0.15) is 59.4 Å². The molecular formula is C22H21F3N6O3S. The Morgan fingerprint density at radius 2 is 1.94 bits per heavy atom. The van der Waals surface area contributed by atoms with Crippen molar-refractivity contribution in [3.63, 3.8) is 0 Å². The smallest absolute Gasteiger partial charge is 0.366 e. The van der Waals surface area contributed by atoms with Gasteiger partial charge in [-0.1, -0.05) is 13.0 Å². The molecule has 2 aromatic heterocycles. The number of rotatable bonds is 8. The first-order chi connectivity index (χ1) is 16.5. The molecule has 3 N–H and O–H groups in total. The van der Waals surface area contributed by atoms with Gasteiger partial charge in [-0.2, -0.15) is 13.2 Å². The van der Waals surface area contributed by atoms with E-state index in [1.807, 2.05) is 6.92 Å². The van der Waals surface area contributed by atoms with Crippen molar-refractivity contribution in [2.45, 2.75) is 43.5 Å². The van der Waals surface area contributed by atoms with E-state index in [-0.39, 0.29) is 17.2 Å². The molecule has 0 spiro atoms. The number of benzene rings is 1. The number of nitrogens with one attached hydrogen (secondary N) is 1. The molecule has 1 aromatic carbocycles. The number of aromatic nitrogens is 4. The van der Waals surface area contributed by atoms with Crippen molar-refractivity contribution in [1.82, 2.24) is 19.9 Å². The largest absolute Gasteiger partial charge is 0.434 e. The average Bonchev–Trinajstić information content (AvgIpc) is 3.65. The number of alkyl halides is 3. The maximum Gasteiger partial charge on any atom is 0.434 e. The molecule has 184 valence electrons. The topological polar surface area (TPSA) is 141 Å². The van der Waals surface area contributed by atoms with Crippen LogP contribution >= 0.6 is 0 Å². The van der Waals surface area contributed by atoms with Crippen LogP contribution in [-0.4, -0.2) is 39.5 Å². The van der Waals surface area contributed by atoms with Crippen LogP contribution in [0.2, 0.25) is 0 Å². The van der Waals surface area contributed by atoms with Crippen LogP contribution in [0.3, 0.4) is 0 Å². The lowest BCUT2D eigenvalue weighted by atomic mass is 9.87. The van der Waals surface area contributed by atoms with Crippen LogP contribution < -0.4 is 10.5 Å². The monoisotopic (exact) mass is 506 g/mol. The van der Waals surface area contributed by atoms with E-state index in [0.717, 1.165) is 0 Å². The van der Waals surface area contributed by atoms with Crippen LogP contribution in [0.15, 0.2) is 42.9 Å². The maximum atomic E-state index is 13.2. The van der Waals surface area contributed by atoms with Crippen molar-refractivity contribution >= 4 is 21.9 Å². The average molecular weight is 507 g/mol. The number of carbonyl (C=O) groups excluding carboxylic acids is 1. The van der Waals surface area contributed by atoms with E-state index in [2.05, 4.69) is 24.7 Å². The first-order valence-corrected chi connectivity index (χ1v) is 12.2. The molecule has 1 aliphatic carbocycles. The maximum absolute atomic E-state index is 13.2. The second-order valence-electron chi connectivity index (χ2n) is 8.07. The Morgan fingerprint density at radius 3 is 2.57 bits per heavy atom. The molecule has 1 atom stereocenters. The van der Waals surface area contributed by atoms with E-state index < -0.39 is 39.0 Å². The molecule has 0 saturated heterocycles. The van der Waals surface area contributed by atoms with Gasteiger partial charge in [0.25, 0.3) is 0 Å². The number of hydrogen-bond donors (Lipinski definition) is 2. The van der Waals surface area contributed by atoms with Gasteiger partial charge >= 0.3 is 6.18 Å². The summed E-state index contributed by atoms with van der Waals surface area (Å²) in [4.78, 5) is 27.6. The second-order valence-corrected chi connectivity index (χ2v) is 10.0. The lowest BCUT2D eigenvalue weighted by molar-refractivity contribution is -0.141. The first kappa shape index (κ1) is 24.5. The Hall–Kier alpha value is -3.61. The van der Waals surface area contributed by atoms with Crippen molar-refractivity contribution in [2.24, 2.45) is 5.73 Å². The Balaban J connectivity index is 1.81. The molecule has 9 nitrogen and oxygen atoms in total. The van der Waals surface area contributed by atoms with Crippen LogP contribution in [0.5, 0.6) is 0 Å². The Labute approximate surface area is 199 Å². The van der Waals surface area contributed by atoms with E-state index in [1.54, 1.807) is 6.07 Å². The van der Waals surface area contributed by atoms with Crippen LogP contribution in [0.25, 0.3) is 11.3 Å². The predicted octanol–water partition coefficient (Wildman–Crippen LogP) is 3.50. The van der Waals surface area contributed by atoms with Gasteiger partial charge < -0.3 is 5.73 Å². The summed E-state index contributed by atoms with van der Waals surface area (Å²) in [5.41, 5.74) is 5.52. The van der Waals surface area contributed by atoms with Gasteiger partial charge in [-0.05, 0) is 43.0 Å². The molecule has 0 bridgehead atoms. The second kappa shape index (κ2) is 9.21. The Morgan fingerprint density at radius 1 is 1.20 bits per heavy atom. The molecule has 1 unspecified atom stereocenters. The lowest BCUT2D eigenvalue weighted by Crippen LogP contribution is -2.20. The molecule has 1 fully saturated rings. The molecule has 1 amide bonds. The number of sulfonamides is 1. The van der Waals surface area contributed by atoms with E-state index in [0.29, 0.717) is 42.3 Å². The number of anilines is 1. The van der Waals surface area contributed by atoms with Crippen LogP contribution in [0.4, 0.5) is 19.1 Å². The summed E-state index contributed by atoms with van der Waals surface area (Å²) in [6.07, 6.45) is 0.0499. The van der Waals surface area contributed by atoms with Crippen molar-refractivity contribution in [3.8, 4) is 11.3 Å². The molecule has 0 radical (unpaired) electrons. The number of hydrogen-bond acceptors (Lipinski definition) is 7. The minimum absolute atomic E-state index is 0.0481. The van der Waals surface area contributed by atoms with Gasteiger partial charge in [0.15, 0.2) is 5.69 Å². The normalized spacial score (nSPS) is 15.0. The summed E-state index contributed by atoms with van der Waals surface area (Å²) >= 11 is 0. The zero-order valence-electron chi connectivity index (χ0n) is 18.5. The highest BCUT2D eigenvalue weighted by Crippen LogP contribution is 2.36. The highest BCUT2D eigenvalue weighted by molar-refractivity contribution is 7.93. The molecule has 1 aliphatic rings. The summed E-state index contributed by atoms with van der Waals surface area (Å²) in [5, 5.41) is -0.477. The van der Waals surface area contributed by atoms with Gasteiger partial charge in [-0.15, -0.1) is 0 Å². The summed E-state index contributed by atoms with van der Waals surface area (Å²) in [6, 6.07) is 5.90. The molecule has 4 rings (SSSR count). The Kier molecular flexibility index (Phi) is 6.45. The van der Waals surface area contributed by atoms with E-state index in [9.17, 15) is 26.4 Å². The van der Waals surface area contributed by atoms with Gasteiger partial charge in [0.05, 0.1) is 29.0 Å². The minimum atomic E-state index is -4.69. The molecule has 13 heteroatoms. The molecule has 3 aromatic rings. The number of halogens is 3. The SMILES string of the molecule is CCC(c1ccnc(NS(=O)(=O)C2CC2)n1)c1cc(C(N)=O)ccc1-c1cncc(C(F)(F)F)n1. The fraction of sp³-hybridized carbons (Fsp3) is 0.318. The fourth-order valence-corrected chi connectivity index (χ4v) is 4.94. The number of primary amides is 1. The summed E-state index contributed by atoms with van der Waals surface area (Å²) in [5.74, 6) is -1.38. The van der Waals surface area contributed by atoms with Gasteiger partial charge in [-0.25, -0.2) is 23.4 Å². The van der Waals surface area contributed by atoms with Gasteiger partial charge in [0, 0.05) is 23.2 Å². The highest BCUT2D eigenvalue weighted by atomic mass is 32.2. The Bertz CT molecular complexity index is 1380. The molecular weight excluding hydrogens is 485 g/mol. The van der Waals surface area contributed by atoms with Gasteiger partial charge in [0.1, 0.15) is 0 Å². The third-order valence-electron chi connectivity index (χ3n) is 5.55. The zero-order valence-corrected chi connectivity index (χ0v) is 19.3. The molecule has 1 saturated carbocycles. The molecule has 35 heavy (non-hydrogen) atoms. The summed E-state index contributed by atoms with van der Waals surface area (Å²) in [7, 11) is -3.60. The van der Waals surface area contributed by atoms with Crippen molar-refractivity contribution in [1.29, 1.82) is 0 Å². The number of carbonyl (C=O) groups is 1. The van der Waals surface area contributed by atoms with Crippen molar-refractivity contribution < 1.29 is 26.4 Å². The molecule has 0 aliphatic heterocycles. The molecule has 2 heterocycles.